The van der Waals surface area contributed by atoms with Gasteiger partial charge in [0, 0.05) is 0 Å². The van der Waals surface area contributed by atoms with Crippen LogP contribution in [0.15, 0.2) is 0 Å². The highest BCUT2D eigenvalue weighted by Gasteiger charge is 2.21. The normalized spacial score (nSPS) is 16.9. The zero-order chi connectivity index (χ0) is 13.2. The van der Waals surface area contributed by atoms with E-state index in [4.69, 9.17) is 10.5 Å². The molecule has 0 radical (unpaired) electrons. The Bertz CT molecular complexity index is 575. The molecule has 1 saturated carbocycles. The number of hydrogen-bond acceptors (Lipinski definition) is 6. The van der Waals surface area contributed by atoms with Gasteiger partial charge in [0.1, 0.15) is 0 Å². The summed E-state index contributed by atoms with van der Waals surface area (Å²) in [6.45, 7) is 2.40. The summed E-state index contributed by atoms with van der Waals surface area (Å²) in [6, 6.07) is 0.661. The number of hydrogen-bond donors (Lipinski definition) is 1. The van der Waals surface area contributed by atoms with Crippen molar-refractivity contribution in [3.63, 3.8) is 0 Å². The average molecular weight is 262 g/mol. The van der Waals surface area contributed by atoms with Gasteiger partial charge in [-0.3, -0.25) is 0 Å². The third kappa shape index (κ3) is 2.20. The van der Waals surface area contributed by atoms with Crippen molar-refractivity contribution in [1.82, 2.24) is 25.0 Å². The van der Waals surface area contributed by atoms with Crippen molar-refractivity contribution >= 4 is 17.0 Å². The van der Waals surface area contributed by atoms with Gasteiger partial charge in [-0.05, 0) is 19.8 Å². The first kappa shape index (κ1) is 12.1. The molecule has 7 heteroatoms. The van der Waals surface area contributed by atoms with Crippen LogP contribution in [-0.4, -0.2) is 31.6 Å². The Balaban J connectivity index is 2.04. The Labute approximate surface area is 111 Å². The molecule has 2 aromatic heterocycles. The van der Waals surface area contributed by atoms with E-state index in [1.165, 1.54) is 19.3 Å². The van der Waals surface area contributed by atoms with Gasteiger partial charge in [-0.1, -0.05) is 24.5 Å². The summed E-state index contributed by atoms with van der Waals surface area (Å²) in [6.07, 6.45) is 5.99. The van der Waals surface area contributed by atoms with Gasteiger partial charge in [-0.2, -0.15) is 9.97 Å². The van der Waals surface area contributed by atoms with E-state index >= 15 is 0 Å². The van der Waals surface area contributed by atoms with Gasteiger partial charge in [-0.15, -0.1) is 5.10 Å². The minimum atomic E-state index is 0.298. The molecule has 0 atom stereocenters. The Morgan fingerprint density at radius 2 is 2.05 bits per heavy atom. The Hall–Kier alpha value is -1.92. The number of ether oxygens (including phenoxy) is 1. The summed E-state index contributed by atoms with van der Waals surface area (Å²) in [5.74, 6) is 0.329. The van der Waals surface area contributed by atoms with E-state index < -0.39 is 0 Å². The molecule has 0 aromatic carbocycles. The summed E-state index contributed by atoms with van der Waals surface area (Å²) in [4.78, 5) is 8.46. The number of nitrogens with zero attached hydrogens (tertiary/aromatic N) is 5. The van der Waals surface area contributed by atoms with E-state index in [9.17, 15) is 0 Å². The van der Waals surface area contributed by atoms with Crippen molar-refractivity contribution in [2.24, 2.45) is 0 Å². The summed E-state index contributed by atoms with van der Waals surface area (Å²) < 4.78 is 7.22. The lowest BCUT2D eigenvalue weighted by Crippen LogP contribution is -2.15. The highest BCUT2D eigenvalue weighted by atomic mass is 16.5. The quantitative estimate of drug-likeness (QED) is 0.905. The van der Waals surface area contributed by atoms with Gasteiger partial charge in [0.2, 0.25) is 0 Å². The predicted octanol–water partition coefficient (Wildman–Crippen LogP) is 1.71. The van der Waals surface area contributed by atoms with E-state index in [0.717, 1.165) is 12.8 Å². The van der Waals surface area contributed by atoms with Crippen LogP contribution in [0, 0.1) is 0 Å². The van der Waals surface area contributed by atoms with Crippen molar-refractivity contribution in [2.75, 3.05) is 12.3 Å². The molecular formula is C12H18N6O. The first-order valence-electron chi connectivity index (χ1n) is 6.80. The number of fused-ring (bicyclic) bond motifs is 1. The number of rotatable bonds is 3. The van der Waals surface area contributed by atoms with Gasteiger partial charge in [0.15, 0.2) is 17.0 Å². The second-order valence-corrected chi connectivity index (χ2v) is 4.82. The first-order valence-corrected chi connectivity index (χ1v) is 6.80. The van der Waals surface area contributed by atoms with Crippen molar-refractivity contribution < 1.29 is 4.74 Å². The molecule has 0 unspecified atom stereocenters. The van der Waals surface area contributed by atoms with Crippen molar-refractivity contribution in [3.05, 3.63) is 0 Å². The number of aromatic nitrogens is 5. The fourth-order valence-electron chi connectivity index (χ4n) is 2.60. The fourth-order valence-corrected chi connectivity index (χ4v) is 2.60. The molecule has 102 valence electrons. The summed E-state index contributed by atoms with van der Waals surface area (Å²) in [5.41, 5.74) is 7.13. The lowest BCUT2D eigenvalue weighted by atomic mass is 9.96. The second-order valence-electron chi connectivity index (χ2n) is 4.82. The smallest absolute Gasteiger partial charge is 0.320 e. The van der Waals surface area contributed by atoms with Crippen LogP contribution in [0.1, 0.15) is 45.1 Å². The summed E-state index contributed by atoms with van der Waals surface area (Å²) >= 11 is 0. The molecule has 2 heterocycles. The maximum atomic E-state index is 5.88. The third-order valence-corrected chi connectivity index (χ3v) is 3.52. The third-order valence-electron chi connectivity index (χ3n) is 3.52. The molecule has 3 rings (SSSR count). The van der Waals surface area contributed by atoms with Gasteiger partial charge in [-0.25, -0.2) is 4.68 Å². The van der Waals surface area contributed by atoms with Crippen LogP contribution >= 0.6 is 0 Å². The zero-order valence-corrected chi connectivity index (χ0v) is 11.0. The van der Waals surface area contributed by atoms with Crippen molar-refractivity contribution in [1.29, 1.82) is 0 Å². The molecule has 2 aromatic rings. The van der Waals surface area contributed by atoms with Crippen LogP contribution in [0.3, 0.4) is 0 Å². The van der Waals surface area contributed by atoms with E-state index in [1.807, 2.05) is 11.6 Å². The van der Waals surface area contributed by atoms with Gasteiger partial charge in [0.05, 0.1) is 12.6 Å². The summed E-state index contributed by atoms with van der Waals surface area (Å²) in [5, 5.41) is 8.31. The zero-order valence-electron chi connectivity index (χ0n) is 11.0. The van der Waals surface area contributed by atoms with Gasteiger partial charge >= 0.3 is 6.01 Å². The lowest BCUT2D eigenvalue weighted by molar-refractivity contribution is 0.310. The maximum absolute atomic E-state index is 5.88. The molecule has 0 aliphatic heterocycles. The highest BCUT2D eigenvalue weighted by Crippen LogP contribution is 2.30. The number of nitrogens with two attached hydrogens (primary N) is 1. The van der Waals surface area contributed by atoms with Crippen LogP contribution in [0.5, 0.6) is 6.01 Å². The second kappa shape index (κ2) is 4.99. The molecule has 19 heavy (non-hydrogen) atoms. The molecule has 1 aliphatic carbocycles. The first-order chi connectivity index (χ1) is 9.29. The van der Waals surface area contributed by atoms with Crippen molar-refractivity contribution in [3.8, 4) is 6.01 Å². The van der Waals surface area contributed by atoms with Crippen LogP contribution < -0.4 is 10.5 Å². The lowest BCUT2D eigenvalue weighted by Gasteiger charge is -2.21. The van der Waals surface area contributed by atoms with Gasteiger partial charge in [0.25, 0.3) is 0 Å². The van der Waals surface area contributed by atoms with E-state index in [2.05, 4.69) is 20.3 Å². The molecule has 1 aliphatic rings. The molecule has 1 fully saturated rings. The highest BCUT2D eigenvalue weighted by molar-refractivity contribution is 5.81. The maximum Gasteiger partial charge on any atom is 0.320 e. The van der Waals surface area contributed by atoms with E-state index in [1.54, 1.807) is 0 Å². The van der Waals surface area contributed by atoms with Crippen LogP contribution in [0.4, 0.5) is 5.82 Å². The molecule has 0 spiro atoms. The monoisotopic (exact) mass is 262 g/mol. The Morgan fingerprint density at radius 1 is 1.26 bits per heavy atom. The average Bonchev–Trinajstić information content (AvgIpc) is 2.84. The topological polar surface area (TPSA) is 91.7 Å². The van der Waals surface area contributed by atoms with E-state index in [-0.39, 0.29) is 0 Å². The van der Waals surface area contributed by atoms with Crippen LogP contribution in [-0.2, 0) is 0 Å². The molecule has 0 amide bonds. The van der Waals surface area contributed by atoms with Crippen molar-refractivity contribution in [2.45, 2.75) is 45.1 Å². The Kier molecular flexibility index (Phi) is 3.18. The molecule has 0 bridgehead atoms. The van der Waals surface area contributed by atoms with Gasteiger partial charge < -0.3 is 10.5 Å². The molecular weight excluding hydrogens is 244 g/mol. The SMILES string of the molecule is CCOc1nc(N)c2nnn(C3CCCCC3)c2n1. The number of nitrogen functional groups attached to an aromatic ring is 1. The molecule has 0 saturated heterocycles. The largest absolute Gasteiger partial charge is 0.464 e. The minimum Gasteiger partial charge on any atom is -0.464 e. The summed E-state index contributed by atoms with van der Waals surface area (Å²) in [7, 11) is 0. The molecule has 7 nitrogen and oxygen atoms in total. The molecule has 2 N–H and O–H groups in total. The van der Waals surface area contributed by atoms with Crippen LogP contribution in [0.2, 0.25) is 0 Å². The predicted molar refractivity (Wildman–Crippen MR) is 70.8 cm³/mol. The Morgan fingerprint density at radius 3 is 2.79 bits per heavy atom. The van der Waals surface area contributed by atoms with E-state index in [0.29, 0.717) is 35.6 Å². The number of anilines is 1. The standard InChI is InChI=1S/C12H18N6O/c1-2-19-12-14-10(13)9-11(15-12)18(17-16-9)8-6-4-3-5-7-8/h8H,2-7H2,1H3,(H2,13,14,15). The van der Waals surface area contributed by atoms with Crippen LogP contribution in [0.25, 0.3) is 11.2 Å². The fraction of sp³-hybridized carbons (Fsp3) is 0.667. The minimum absolute atomic E-state index is 0.298.